The van der Waals surface area contributed by atoms with Gasteiger partial charge in [0.25, 0.3) is 0 Å². The molecular formula is C9H18N2O2S. The monoisotopic (exact) mass is 218 g/mol. The Kier molecular flexibility index (Phi) is 4.71. The molecule has 4 N–H and O–H groups in total. The Morgan fingerprint density at radius 1 is 1.71 bits per heavy atom. The topological polar surface area (TPSA) is 75.4 Å². The fraction of sp³-hybridized carbons (Fsp3) is 0.889. The third-order valence-corrected chi connectivity index (χ3v) is 3.07. The van der Waals surface area contributed by atoms with E-state index in [9.17, 15) is 4.79 Å². The Balaban J connectivity index is 2.14. The maximum atomic E-state index is 11.4. The van der Waals surface area contributed by atoms with Gasteiger partial charge in [-0.1, -0.05) is 0 Å². The maximum Gasteiger partial charge on any atom is 0.237 e. The Bertz CT molecular complexity index is 195. The molecule has 0 heterocycles. The highest BCUT2D eigenvalue weighted by atomic mass is 32.2. The molecule has 0 aliphatic heterocycles. The number of aliphatic hydroxyl groups excluding tert-OH is 1. The summed E-state index contributed by atoms with van der Waals surface area (Å²) >= 11 is 1.69. The van der Waals surface area contributed by atoms with Gasteiger partial charge in [-0.05, 0) is 31.3 Å². The van der Waals surface area contributed by atoms with Gasteiger partial charge in [0, 0.05) is 6.04 Å². The van der Waals surface area contributed by atoms with E-state index in [2.05, 4.69) is 5.32 Å². The van der Waals surface area contributed by atoms with Gasteiger partial charge in [0.05, 0.1) is 12.1 Å². The van der Waals surface area contributed by atoms with Crippen molar-refractivity contribution in [3.05, 3.63) is 0 Å². The second-order valence-electron chi connectivity index (χ2n) is 3.72. The van der Waals surface area contributed by atoms with Crippen molar-refractivity contribution in [1.82, 2.24) is 5.32 Å². The predicted molar refractivity (Wildman–Crippen MR) is 58.1 cm³/mol. The molecule has 1 fully saturated rings. The summed E-state index contributed by atoms with van der Waals surface area (Å²) in [5.74, 6) is 0.818. The minimum atomic E-state index is -0.403. The SMILES string of the molecule is CSCC[C@@H](N)C(=O)NC1CC(O)C1. The van der Waals surface area contributed by atoms with Crippen LogP contribution in [-0.2, 0) is 4.79 Å². The van der Waals surface area contributed by atoms with E-state index in [1.165, 1.54) is 0 Å². The number of thioether (sulfide) groups is 1. The molecule has 0 spiro atoms. The molecule has 1 amide bonds. The van der Waals surface area contributed by atoms with Crippen LogP contribution >= 0.6 is 11.8 Å². The van der Waals surface area contributed by atoms with Crippen molar-refractivity contribution in [2.45, 2.75) is 37.5 Å². The maximum absolute atomic E-state index is 11.4. The van der Waals surface area contributed by atoms with Crippen molar-refractivity contribution in [1.29, 1.82) is 0 Å². The van der Waals surface area contributed by atoms with Crippen molar-refractivity contribution < 1.29 is 9.90 Å². The first kappa shape index (κ1) is 11.8. The van der Waals surface area contributed by atoms with Crippen LogP contribution in [0.25, 0.3) is 0 Å². The molecule has 0 aromatic rings. The quantitative estimate of drug-likeness (QED) is 0.592. The average Bonchev–Trinajstić information content (AvgIpc) is 2.11. The average molecular weight is 218 g/mol. The first-order valence-corrected chi connectivity index (χ1v) is 6.26. The van der Waals surface area contributed by atoms with E-state index in [0.717, 1.165) is 5.75 Å². The van der Waals surface area contributed by atoms with Gasteiger partial charge >= 0.3 is 0 Å². The van der Waals surface area contributed by atoms with Crippen molar-refractivity contribution >= 4 is 17.7 Å². The first-order chi connectivity index (χ1) is 6.63. The molecule has 0 aromatic carbocycles. The molecule has 1 aliphatic carbocycles. The molecule has 0 unspecified atom stereocenters. The van der Waals surface area contributed by atoms with Crippen LogP contribution in [-0.4, -0.2) is 41.2 Å². The summed E-state index contributed by atoms with van der Waals surface area (Å²) in [4.78, 5) is 11.4. The Hall–Kier alpha value is -0.260. The van der Waals surface area contributed by atoms with Gasteiger partial charge in [-0.15, -0.1) is 0 Å². The summed E-state index contributed by atoms with van der Waals surface area (Å²) in [6.07, 6.45) is 3.81. The molecular weight excluding hydrogens is 200 g/mol. The van der Waals surface area contributed by atoms with Crippen LogP contribution in [0, 0.1) is 0 Å². The van der Waals surface area contributed by atoms with E-state index >= 15 is 0 Å². The molecule has 0 radical (unpaired) electrons. The van der Waals surface area contributed by atoms with Crippen LogP contribution in [0.4, 0.5) is 0 Å². The molecule has 0 aromatic heterocycles. The van der Waals surface area contributed by atoms with E-state index in [1.54, 1.807) is 11.8 Å². The lowest BCUT2D eigenvalue weighted by Gasteiger charge is -2.32. The molecule has 4 nitrogen and oxygen atoms in total. The number of nitrogens with one attached hydrogen (secondary N) is 1. The van der Waals surface area contributed by atoms with E-state index in [1.807, 2.05) is 6.26 Å². The smallest absolute Gasteiger partial charge is 0.237 e. The van der Waals surface area contributed by atoms with E-state index in [-0.39, 0.29) is 18.1 Å². The normalized spacial score (nSPS) is 27.9. The van der Waals surface area contributed by atoms with Gasteiger partial charge in [0.2, 0.25) is 5.91 Å². The third kappa shape index (κ3) is 3.48. The highest BCUT2D eigenvalue weighted by Gasteiger charge is 2.29. The van der Waals surface area contributed by atoms with Crippen LogP contribution in [0.1, 0.15) is 19.3 Å². The van der Waals surface area contributed by atoms with Crippen LogP contribution < -0.4 is 11.1 Å². The van der Waals surface area contributed by atoms with Crippen molar-refractivity contribution in [3.63, 3.8) is 0 Å². The number of nitrogens with two attached hydrogens (primary N) is 1. The lowest BCUT2D eigenvalue weighted by molar-refractivity contribution is -0.124. The van der Waals surface area contributed by atoms with Crippen LogP contribution in [0.3, 0.4) is 0 Å². The minimum Gasteiger partial charge on any atom is -0.393 e. The Labute approximate surface area is 88.6 Å². The number of carbonyl (C=O) groups is 1. The molecule has 82 valence electrons. The lowest BCUT2D eigenvalue weighted by atomic mass is 9.89. The van der Waals surface area contributed by atoms with Crippen LogP contribution in [0.2, 0.25) is 0 Å². The van der Waals surface area contributed by atoms with E-state index in [4.69, 9.17) is 10.8 Å². The zero-order chi connectivity index (χ0) is 10.6. The van der Waals surface area contributed by atoms with Crippen molar-refractivity contribution in [2.75, 3.05) is 12.0 Å². The van der Waals surface area contributed by atoms with Gasteiger partial charge in [0.15, 0.2) is 0 Å². The summed E-state index contributed by atoms with van der Waals surface area (Å²) in [6.45, 7) is 0. The lowest BCUT2D eigenvalue weighted by Crippen LogP contribution is -2.51. The molecule has 1 rings (SSSR count). The molecule has 14 heavy (non-hydrogen) atoms. The zero-order valence-electron chi connectivity index (χ0n) is 8.40. The first-order valence-electron chi connectivity index (χ1n) is 4.86. The van der Waals surface area contributed by atoms with Gasteiger partial charge < -0.3 is 16.2 Å². The fourth-order valence-electron chi connectivity index (χ4n) is 1.39. The Morgan fingerprint density at radius 3 is 2.86 bits per heavy atom. The number of carbonyl (C=O) groups excluding carboxylic acids is 1. The minimum absolute atomic E-state index is 0.0871. The summed E-state index contributed by atoms with van der Waals surface area (Å²) in [5, 5.41) is 11.8. The van der Waals surface area contributed by atoms with Gasteiger partial charge in [0.1, 0.15) is 0 Å². The summed E-state index contributed by atoms with van der Waals surface area (Å²) in [6, 6.07) is -0.266. The predicted octanol–water partition coefficient (Wildman–Crippen LogP) is -0.294. The third-order valence-electron chi connectivity index (χ3n) is 2.43. The standard InChI is InChI=1S/C9H18N2O2S/c1-14-3-2-8(10)9(13)11-6-4-7(12)5-6/h6-8,12H,2-5,10H2,1H3,(H,11,13)/t6?,7?,8-/m1/s1. The Morgan fingerprint density at radius 2 is 2.36 bits per heavy atom. The zero-order valence-corrected chi connectivity index (χ0v) is 9.22. The molecule has 1 atom stereocenters. The number of amides is 1. The fourth-order valence-corrected chi connectivity index (χ4v) is 1.88. The van der Waals surface area contributed by atoms with Crippen LogP contribution in [0.5, 0.6) is 0 Å². The summed E-state index contributed by atoms with van der Waals surface area (Å²) in [5.41, 5.74) is 5.68. The van der Waals surface area contributed by atoms with E-state index in [0.29, 0.717) is 19.3 Å². The van der Waals surface area contributed by atoms with Crippen molar-refractivity contribution in [3.8, 4) is 0 Å². The molecule has 0 saturated heterocycles. The van der Waals surface area contributed by atoms with Crippen molar-refractivity contribution in [2.24, 2.45) is 5.73 Å². The number of hydrogen-bond donors (Lipinski definition) is 3. The number of rotatable bonds is 5. The largest absolute Gasteiger partial charge is 0.393 e. The second-order valence-corrected chi connectivity index (χ2v) is 4.70. The van der Waals surface area contributed by atoms with Crippen LogP contribution in [0.15, 0.2) is 0 Å². The number of aliphatic hydroxyl groups is 1. The molecule has 0 bridgehead atoms. The van der Waals surface area contributed by atoms with Gasteiger partial charge in [-0.2, -0.15) is 11.8 Å². The summed E-state index contributed by atoms with van der Waals surface area (Å²) in [7, 11) is 0. The van der Waals surface area contributed by atoms with E-state index < -0.39 is 6.04 Å². The van der Waals surface area contributed by atoms with Gasteiger partial charge in [-0.25, -0.2) is 0 Å². The second kappa shape index (κ2) is 5.58. The molecule has 5 heteroatoms. The molecule has 1 aliphatic rings. The highest BCUT2D eigenvalue weighted by molar-refractivity contribution is 7.98. The highest BCUT2D eigenvalue weighted by Crippen LogP contribution is 2.19. The summed E-state index contributed by atoms with van der Waals surface area (Å²) < 4.78 is 0. The number of hydrogen-bond acceptors (Lipinski definition) is 4. The van der Waals surface area contributed by atoms with Gasteiger partial charge in [-0.3, -0.25) is 4.79 Å². The molecule has 1 saturated carbocycles.